The summed E-state index contributed by atoms with van der Waals surface area (Å²) in [6.07, 6.45) is 3.27. The van der Waals surface area contributed by atoms with Crippen molar-refractivity contribution in [3.05, 3.63) is 65.2 Å². The van der Waals surface area contributed by atoms with Crippen molar-refractivity contribution in [2.45, 2.75) is 52.5 Å². The maximum atomic E-state index is 12.1. The molecule has 0 saturated carbocycles. The van der Waals surface area contributed by atoms with Gasteiger partial charge < -0.3 is 4.18 Å². The lowest BCUT2D eigenvalue weighted by atomic mass is 9.99. The number of hydrogen-bond donors (Lipinski definition) is 1. The van der Waals surface area contributed by atoms with Crippen LogP contribution in [-0.4, -0.2) is 16.0 Å². The molecule has 0 bridgehead atoms. The second kappa shape index (κ2) is 10.2. The highest BCUT2D eigenvalue weighted by molar-refractivity contribution is 7.78. The Kier molecular flexibility index (Phi) is 8.01. The summed E-state index contributed by atoms with van der Waals surface area (Å²) in [4.78, 5) is 11.4. The van der Waals surface area contributed by atoms with Crippen molar-refractivity contribution in [2.24, 2.45) is 0 Å². The Labute approximate surface area is 158 Å². The molecule has 0 aromatic heterocycles. The van der Waals surface area contributed by atoms with E-state index in [4.69, 9.17) is 4.18 Å². The van der Waals surface area contributed by atoms with Crippen LogP contribution in [0, 0.1) is 0 Å². The van der Waals surface area contributed by atoms with Gasteiger partial charge in [0.2, 0.25) is 0 Å². The molecule has 1 N–H and O–H groups in total. The summed E-state index contributed by atoms with van der Waals surface area (Å²) in [5.41, 5.74) is 3.50. The van der Waals surface area contributed by atoms with Crippen molar-refractivity contribution in [3.63, 3.8) is 0 Å². The van der Waals surface area contributed by atoms with Crippen LogP contribution in [0.5, 0.6) is 5.75 Å². The molecule has 0 fully saturated rings. The maximum Gasteiger partial charge on any atom is 0.288 e. The maximum absolute atomic E-state index is 12.1. The summed E-state index contributed by atoms with van der Waals surface area (Å²) in [5, 5.41) is 0. The second-order valence-corrected chi connectivity index (χ2v) is 7.37. The van der Waals surface area contributed by atoms with Crippen LogP contribution < -0.4 is 8.91 Å². The number of ketones is 1. The number of nitrogens with one attached hydrogen (secondary N) is 1. The third-order valence-corrected chi connectivity index (χ3v) is 4.77. The molecule has 0 aliphatic heterocycles. The van der Waals surface area contributed by atoms with E-state index in [-0.39, 0.29) is 11.8 Å². The van der Waals surface area contributed by atoms with Crippen LogP contribution in [0.25, 0.3) is 0 Å². The number of carbonyl (C=O) groups excluding carboxylic acids is 1. The van der Waals surface area contributed by atoms with Crippen LogP contribution in [-0.2, 0) is 35.3 Å². The van der Waals surface area contributed by atoms with Crippen LogP contribution in [0.3, 0.4) is 0 Å². The van der Waals surface area contributed by atoms with E-state index in [1.165, 1.54) is 17.5 Å². The zero-order valence-electron chi connectivity index (χ0n) is 15.7. The van der Waals surface area contributed by atoms with E-state index < -0.39 is 11.3 Å². The molecule has 0 heterocycles. The van der Waals surface area contributed by atoms with Gasteiger partial charge in [0.15, 0.2) is 0 Å². The van der Waals surface area contributed by atoms with Crippen molar-refractivity contribution in [3.8, 4) is 5.75 Å². The van der Waals surface area contributed by atoms with Gasteiger partial charge in [0.1, 0.15) is 11.5 Å². The first-order valence-corrected chi connectivity index (χ1v) is 10.1. The third kappa shape index (κ3) is 6.07. The third-order valence-electron chi connectivity index (χ3n) is 3.90. The molecule has 2 atom stereocenters. The SMILES string of the molecule is CC(=O)Cc1cccc2c1CC(NS(=O)Oc1ccccc1)C2.CCC. The highest BCUT2D eigenvalue weighted by atomic mass is 32.2. The topological polar surface area (TPSA) is 55.4 Å². The Morgan fingerprint density at radius 3 is 2.46 bits per heavy atom. The molecule has 2 aromatic carbocycles. The molecule has 1 aliphatic rings. The summed E-state index contributed by atoms with van der Waals surface area (Å²) in [7, 11) is 0. The quantitative estimate of drug-likeness (QED) is 0.834. The Morgan fingerprint density at radius 2 is 1.81 bits per heavy atom. The molecule has 0 spiro atoms. The minimum absolute atomic E-state index is 0.0580. The van der Waals surface area contributed by atoms with Gasteiger partial charge in [-0.3, -0.25) is 4.79 Å². The Bertz CT molecular complexity index is 746. The first-order valence-electron chi connectivity index (χ1n) is 9.03. The smallest absolute Gasteiger partial charge is 0.288 e. The summed E-state index contributed by atoms with van der Waals surface area (Å²) in [5.74, 6) is 0.733. The number of carbonyl (C=O) groups is 1. The lowest BCUT2D eigenvalue weighted by molar-refractivity contribution is -0.116. The highest BCUT2D eigenvalue weighted by Gasteiger charge is 2.25. The number of fused-ring (bicyclic) bond motifs is 1. The fraction of sp³-hybridized carbons (Fsp3) is 0.381. The van der Waals surface area contributed by atoms with E-state index in [1.54, 1.807) is 19.1 Å². The van der Waals surface area contributed by atoms with E-state index >= 15 is 0 Å². The Balaban J connectivity index is 0.000000758. The van der Waals surface area contributed by atoms with Crippen molar-refractivity contribution < 1.29 is 13.2 Å². The summed E-state index contributed by atoms with van der Waals surface area (Å²) in [6.45, 7) is 5.85. The van der Waals surface area contributed by atoms with E-state index in [1.807, 2.05) is 30.3 Å². The molecule has 2 unspecified atom stereocenters. The molecule has 5 heteroatoms. The molecule has 3 rings (SSSR count). The molecule has 4 nitrogen and oxygen atoms in total. The fourth-order valence-corrected chi connectivity index (χ4v) is 3.74. The monoisotopic (exact) mass is 373 g/mol. The molecule has 1 aliphatic carbocycles. The standard InChI is InChI=1S/C18H19NO3S.C3H8/c1-13(20)10-14-6-5-7-15-11-16(12-18(14)15)19-23(21)22-17-8-3-2-4-9-17;1-3-2/h2-9,16,19H,10-12H2,1H3;3H2,1-2H3. The number of para-hydroxylation sites is 1. The Hall–Kier alpha value is -1.98. The van der Waals surface area contributed by atoms with E-state index in [0.717, 1.165) is 18.4 Å². The minimum Gasteiger partial charge on any atom is -0.389 e. The van der Waals surface area contributed by atoms with E-state index in [0.29, 0.717) is 12.2 Å². The summed E-state index contributed by atoms with van der Waals surface area (Å²) >= 11 is -1.58. The molecular weight excluding hydrogens is 346 g/mol. The van der Waals surface area contributed by atoms with Gasteiger partial charge in [-0.25, -0.2) is 4.72 Å². The number of benzene rings is 2. The van der Waals surface area contributed by atoms with Gasteiger partial charge in [-0.2, -0.15) is 4.21 Å². The van der Waals surface area contributed by atoms with Crippen molar-refractivity contribution in [2.75, 3.05) is 0 Å². The van der Waals surface area contributed by atoms with Gasteiger partial charge in [0, 0.05) is 12.5 Å². The van der Waals surface area contributed by atoms with Crippen LogP contribution in [0.1, 0.15) is 43.9 Å². The first-order chi connectivity index (χ1) is 12.5. The molecular formula is C21H27NO3S. The van der Waals surface area contributed by atoms with E-state index in [2.05, 4.69) is 24.6 Å². The van der Waals surface area contributed by atoms with Crippen molar-refractivity contribution in [1.29, 1.82) is 0 Å². The number of hydrogen-bond acceptors (Lipinski definition) is 3. The summed E-state index contributed by atoms with van der Waals surface area (Å²) in [6, 6.07) is 15.2. The van der Waals surface area contributed by atoms with Crippen molar-refractivity contribution in [1.82, 2.24) is 4.72 Å². The molecule has 140 valence electrons. The van der Waals surface area contributed by atoms with Gasteiger partial charge >= 0.3 is 0 Å². The van der Waals surface area contributed by atoms with Gasteiger partial charge in [-0.15, -0.1) is 0 Å². The molecule has 0 amide bonds. The van der Waals surface area contributed by atoms with Gasteiger partial charge in [-0.1, -0.05) is 56.7 Å². The molecule has 26 heavy (non-hydrogen) atoms. The fourth-order valence-electron chi connectivity index (χ4n) is 2.97. The summed E-state index contributed by atoms with van der Waals surface area (Å²) < 4.78 is 20.5. The molecule has 0 saturated heterocycles. The zero-order chi connectivity index (χ0) is 18.9. The second-order valence-electron chi connectivity index (χ2n) is 6.49. The Morgan fingerprint density at radius 1 is 1.12 bits per heavy atom. The van der Waals surface area contributed by atoms with Gasteiger partial charge in [0.25, 0.3) is 11.3 Å². The largest absolute Gasteiger partial charge is 0.389 e. The van der Waals surface area contributed by atoms with Crippen molar-refractivity contribution >= 4 is 17.0 Å². The molecule has 0 radical (unpaired) electrons. The predicted octanol–water partition coefficient (Wildman–Crippen LogP) is 3.95. The van der Waals surface area contributed by atoms with Gasteiger partial charge in [-0.05, 0) is 48.6 Å². The van der Waals surface area contributed by atoms with Crippen LogP contribution >= 0.6 is 0 Å². The average molecular weight is 374 g/mol. The number of rotatable bonds is 6. The predicted molar refractivity (Wildman–Crippen MR) is 106 cm³/mol. The zero-order valence-corrected chi connectivity index (χ0v) is 16.5. The average Bonchev–Trinajstić information content (AvgIpc) is 2.99. The lowest BCUT2D eigenvalue weighted by Gasteiger charge is -2.11. The highest BCUT2D eigenvalue weighted by Crippen LogP contribution is 2.26. The minimum atomic E-state index is -1.58. The molecule has 2 aromatic rings. The normalized spacial score (nSPS) is 16.2. The number of Topliss-reactive ketones (excluding diaryl/α,β-unsaturated/α-hetero) is 1. The van der Waals surface area contributed by atoms with Gasteiger partial charge in [0.05, 0.1) is 0 Å². The lowest BCUT2D eigenvalue weighted by Crippen LogP contribution is -2.33. The van der Waals surface area contributed by atoms with Crippen LogP contribution in [0.2, 0.25) is 0 Å². The van der Waals surface area contributed by atoms with E-state index in [9.17, 15) is 9.00 Å². The first kappa shape index (κ1) is 20.3. The van der Waals surface area contributed by atoms with Crippen LogP contribution in [0.15, 0.2) is 48.5 Å². The van der Waals surface area contributed by atoms with Crippen LogP contribution in [0.4, 0.5) is 0 Å².